The molecule has 2 fully saturated rings. The van der Waals surface area contributed by atoms with E-state index in [0.717, 1.165) is 31.6 Å². The van der Waals surface area contributed by atoms with Gasteiger partial charge in [0.25, 0.3) is 5.69 Å². The molecule has 3 aromatic rings. The molecule has 1 aromatic heterocycles. The molecule has 0 amide bonds. The molecule has 0 spiro atoms. The Bertz CT molecular complexity index is 1310. The van der Waals surface area contributed by atoms with E-state index in [1.165, 1.54) is 36.9 Å². The molecule has 1 N–H and O–H groups in total. The van der Waals surface area contributed by atoms with Crippen LogP contribution in [-0.2, 0) is 4.74 Å². The highest BCUT2D eigenvalue weighted by Crippen LogP contribution is 2.29. The fraction of sp³-hybridized carbons (Fsp3) is 0.393. The lowest BCUT2D eigenvalue weighted by molar-refractivity contribution is -0.384. The minimum absolute atomic E-state index is 0.0496. The zero-order valence-corrected chi connectivity index (χ0v) is 21.4. The third-order valence-electron chi connectivity index (χ3n) is 7.10. The van der Waals surface area contributed by atoms with E-state index in [-0.39, 0.29) is 29.3 Å². The Labute approximate surface area is 225 Å². The number of anilines is 2. The van der Waals surface area contributed by atoms with Crippen LogP contribution >= 0.6 is 0 Å². The first kappa shape index (κ1) is 26.3. The molecule has 1 aliphatic heterocycles. The predicted molar refractivity (Wildman–Crippen MR) is 143 cm³/mol. The minimum Gasteiger partial charge on any atom is -0.431 e. The largest absolute Gasteiger partial charge is 0.514 e. The van der Waals surface area contributed by atoms with Gasteiger partial charge in [-0.25, -0.2) is 19.2 Å². The summed E-state index contributed by atoms with van der Waals surface area (Å²) < 4.78 is 25.3. The molecule has 1 saturated carbocycles. The number of aromatic nitrogens is 2. The number of benzene rings is 2. The number of rotatable bonds is 7. The summed E-state index contributed by atoms with van der Waals surface area (Å²) in [7, 11) is 0. The van der Waals surface area contributed by atoms with Crippen LogP contribution in [0.1, 0.15) is 44.9 Å². The smallest absolute Gasteiger partial charge is 0.431 e. The molecule has 1 aliphatic carbocycles. The Balaban J connectivity index is 1.14. The van der Waals surface area contributed by atoms with Gasteiger partial charge in [-0.1, -0.05) is 12.1 Å². The van der Waals surface area contributed by atoms with E-state index < -0.39 is 16.9 Å². The van der Waals surface area contributed by atoms with Crippen molar-refractivity contribution in [2.75, 3.05) is 23.3 Å². The van der Waals surface area contributed by atoms with Gasteiger partial charge in [0.05, 0.1) is 11.1 Å². The Morgan fingerprint density at radius 2 is 1.79 bits per heavy atom. The Morgan fingerprint density at radius 3 is 2.51 bits per heavy atom. The molecule has 0 bridgehead atoms. The summed E-state index contributed by atoms with van der Waals surface area (Å²) in [5, 5.41) is 14.0. The van der Waals surface area contributed by atoms with E-state index in [1.807, 2.05) is 18.2 Å². The quantitative estimate of drug-likeness (QED) is 0.165. The van der Waals surface area contributed by atoms with E-state index >= 15 is 0 Å². The first-order chi connectivity index (χ1) is 18.9. The molecule has 204 valence electrons. The summed E-state index contributed by atoms with van der Waals surface area (Å²) in [4.78, 5) is 33.3. The van der Waals surface area contributed by atoms with Crippen molar-refractivity contribution >= 4 is 23.5 Å². The van der Waals surface area contributed by atoms with Crippen molar-refractivity contribution in [2.45, 2.75) is 57.1 Å². The zero-order valence-electron chi connectivity index (χ0n) is 21.4. The maximum atomic E-state index is 14.7. The second-order valence-electron chi connectivity index (χ2n) is 9.83. The van der Waals surface area contributed by atoms with Crippen molar-refractivity contribution in [3.8, 4) is 17.0 Å². The molecule has 10 nitrogen and oxygen atoms in total. The van der Waals surface area contributed by atoms with Gasteiger partial charge < -0.3 is 19.7 Å². The second kappa shape index (κ2) is 12.1. The molecule has 11 heteroatoms. The lowest BCUT2D eigenvalue weighted by Crippen LogP contribution is -2.32. The van der Waals surface area contributed by atoms with Crippen molar-refractivity contribution in [3.05, 3.63) is 70.7 Å². The highest BCUT2D eigenvalue weighted by Gasteiger charge is 2.26. The fourth-order valence-electron chi connectivity index (χ4n) is 5.04. The molecular formula is C28H30FN5O5. The van der Waals surface area contributed by atoms with E-state index in [2.05, 4.69) is 26.3 Å². The third-order valence-corrected chi connectivity index (χ3v) is 7.10. The van der Waals surface area contributed by atoms with Crippen molar-refractivity contribution in [1.29, 1.82) is 0 Å². The van der Waals surface area contributed by atoms with Gasteiger partial charge in [0.2, 0.25) is 5.95 Å². The van der Waals surface area contributed by atoms with Crippen LogP contribution in [0.2, 0.25) is 0 Å². The molecule has 2 aliphatic rings. The van der Waals surface area contributed by atoms with Gasteiger partial charge in [-0.15, -0.1) is 0 Å². The van der Waals surface area contributed by atoms with Crippen LogP contribution in [0.4, 0.5) is 26.5 Å². The van der Waals surface area contributed by atoms with Gasteiger partial charge in [0.15, 0.2) is 5.82 Å². The molecule has 1 saturated heterocycles. The van der Waals surface area contributed by atoms with E-state index in [4.69, 9.17) is 9.47 Å². The number of nitro benzene ring substituents is 1. The fourth-order valence-corrected chi connectivity index (χ4v) is 5.04. The Kier molecular flexibility index (Phi) is 8.14. The summed E-state index contributed by atoms with van der Waals surface area (Å²) >= 11 is 0. The van der Waals surface area contributed by atoms with Crippen LogP contribution in [0, 0.1) is 15.9 Å². The number of non-ortho nitro benzene ring substituents is 1. The summed E-state index contributed by atoms with van der Waals surface area (Å²) in [6.07, 6.45) is 6.23. The molecule has 39 heavy (non-hydrogen) atoms. The summed E-state index contributed by atoms with van der Waals surface area (Å²) in [5.74, 6) is 0.0587. The molecular weight excluding hydrogens is 505 g/mol. The number of hydrogen-bond donors (Lipinski definition) is 1. The predicted octanol–water partition coefficient (Wildman–Crippen LogP) is 6.12. The SMILES string of the molecule is O=C(Oc1ccc([N+](=O)[O-])cc1)O[C@H]1CC[C@H](Nc2ncc(F)c(-c3cccc(N4CCCCC4)c3)n2)CC1. The van der Waals surface area contributed by atoms with Crippen LogP contribution in [-0.4, -0.2) is 46.3 Å². The lowest BCUT2D eigenvalue weighted by atomic mass is 9.93. The highest BCUT2D eigenvalue weighted by molar-refractivity contribution is 5.67. The molecule has 2 aromatic carbocycles. The molecule has 0 atom stereocenters. The Hall–Kier alpha value is -4.28. The van der Waals surface area contributed by atoms with E-state index in [9.17, 15) is 19.3 Å². The van der Waals surface area contributed by atoms with E-state index in [1.54, 1.807) is 0 Å². The van der Waals surface area contributed by atoms with Gasteiger partial charge in [-0.2, -0.15) is 0 Å². The number of ether oxygens (including phenoxy) is 2. The monoisotopic (exact) mass is 535 g/mol. The van der Waals surface area contributed by atoms with Crippen LogP contribution in [0.5, 0.6) is 5.75 Å². The summed E-state index contributed by atoms with van der Waals surface area (Å²) in [6.45, 7) is 2.01. The van der Waals surface area contributed by atoms with Crippen LogP contribution in [0.25, 0.3) is 11.3 Å². The minimum atomic E-state index is -0.849. The first-order valence-electron chi connectivity index (χ1n) is 13.2. The molecule has 2 heterocycles. The van der Waals surface area contributed by atoms with Gasteiger partial charge in [-0.05, 0) is 69.2 Å². The number of hydrogen-bond acceptors (Lipinski definition) is 9. The number of nitrogens with one attached hydrogen (secondary N) is 1. The van der Waals surface area contributed by atoms with Gasteiger partial charge in [0.1, 0.15) is 17.5 Å². The van der Waals surface area contributed by atoms with Crippen molar-refractivity contribution < 1.29 is 23.6 Å². The van der Waals surface area contributed by atoms with Crippen molar-refractivity contribution in [1.82, 2.24) is 9.97 Å². The molecule has 5 rings (SSSR count). The number of carbonyl (C=O) groups is 1. The first-order valence-corrected chi connectivity index (χ1v) is 13.2. The molecule has 0 radical (unpaired) electrons. The van der Waals surface area contributed by atoms with Crippen LogP contribution in [0.3, 0.4) is 0 Å². The average Bonchev–Trinajstić information content (AvgIpc) is 2.96. The summed E-state index contributed by atoms with van der Waals surface area (Å²) in [5.41, 5.74) is 1.96. The number of nitro groups is 1. The van der Waals surface area contributed by atoms with Crippen molar-refractivity contribution in [3.63, 3.8) is 0 Å². The van der Waals surface area contributed by atoms with Crippen LogP contribution < -0.4 is 15.0 Å². The van der Waals surface area contributed by atoms with Gasteiger partial charge >= 0.3 is 6.16 Å². The highest BCUT2D eigenvalue weighted by atomic mass is 19.1. The lowest BCUT2D eigenvalue weighted by Gasteiger charge is -2.29. The number of piperidine rings is 1. The zero-order chi connectivity index (χ0) is 27.2. The Morgan fingerprint density at radius 1 is 1.05 bits per heavy atom. The number of nitrogens with zero attached hydrogens (tertiary/aromatic N) is 4. The molecule has 0 unspecified atom stereocenters. The standard InChI is InChI=1S/C28H30FN5O5/c29-25-18-30-27(32-26(25)19-5-4-6-22(17-19)33-15-2-1-3-16-33)31-20-7-11-23(12-8-20)38-28(35)39-24-13-9-21(10-14-24)34(36)37/h4-6,9-10,13-14,17-18,20,23H,1-3,7-8,11-12,15-16H2,(H,30,31,32)/t20-,23-. The van der Waals surface area contributed by atoms with E-state index in [0.29, 0.717) is 37.2 Å². The maximum absolute atomic E-state index is 14.7. The van der Waals surface area contributed by atoms with Crippen molar-refractivity contribution in [2.24, 2.45) is 0 Å². The number of halogens is 1. The summed E-state index contributed by atoms with van der Waals surface area (Å²) in [6, 6.07) is 13.1. The second-order valence-corrected chi connectivity index (χ2v) is 9.83. The van der Waals surface area contributed by atoms with Gasteiger partial charge in [-0.3, -0.25) is 10.1 Å². The number of carbonyl (C=O) groups excluding carboxylic acids is 1. The topological polar surface area (TPSA) is 120 Å². The average molecular weight is 536 g/mol. The third kappa shape index (κ3) is 6.78. The normalized spacial score (nSPS) is 19.3. The van der Waals surface area contributed by atoms with Crippen LogP contribution in [0.15, 0.2) is 54.7 Å². The maximum Gasteiger partial charge on any atom is 0.514 e. The van der Waals surface area contributed by atoms with Gasteiger partial charge in [0, 0.05) is 42.5 Å².